The van der Waals surface area contributed by atoms with Crippen LogP contribution < -0.4 is 58.6 Å². The van der Waals surface area contributed by atoms with E-state index in [9.17, 15) is 92.4 Å². The van der Waals surface area contributed by atoms with E-state index in [0.717, 1.165) is 123 Å². The van der Waals surface area contributed by atoms with E-state index in [1.807, 2.05) is 120 Å². The largest absolute Gasteiger partial charge is 0.506 e. The van der Waals surface area contributed by atoms with Crippen LogP contribution in [0.15, 0.2) is 116 Å². The maximum absolute atomic E-state index is 12.3. The molecule has 8 fully saturated rings. The molecule has 4 aliphatic carbocycles. The second-order valence-corrected chi connectivity index (χ2v) is 34.1. The van der Waals surface area contributed by atoms with Crippen LogP contribution in [0.2, 0.25) is 0 Å². The summed E-state index contributed by atoms with van der Waals surface area (Å²) in [5, 5.41) is 88.7. The number of alkyl halides is 3. The van der Waals surface area contributed by atoms with Crippen molar-refractivity contribution >= 4 is 89.8 Å². The monoisotopic (exact) mass is 1820 g/mol. The summed E-state index contributed by atoms with van der Waals surface area (Å²) in [5.41, 5.74) is 18.3. The van der Waals surface area contributed by atoms with Crippen molar-refractivity contribution < 1.29 is 83.1 Å². The lowest BCUT2D eigenvalue weighted by atomic mass is 9.68. The molecule has 0 amide bonds. The molecule has 36 heteroatoms. The Labute approximate surface area is 749 Å². The molecule has 4 aromatic carbocycles. The van der Waals surface area contributed by atoms with Gasteiger partial charge in [0.1, 0.15) is 23.0 Å². The van der Waals surface area contributed by atoms with Crippen molar-refractivity contribution in [2.45, 2.75) is 142 Å². The molecule has 8 heterocycles. The number of halogens is 6. The molecule has 8 aliphatic rings. The fourth-order valence-electron chi connectivity index (χ4n) is 20.6. The number of carbonyl (C=O) groups is 5. The highest BCUT2D eigenvalue weighted by atomic mass is 35.5. The Kier molecular flexibility index (Phi) is 32.8. The number of rotatable bonds is 19. The van der Waals surface area contributed by atoms with Crippen LogP contribution >= 0.6 is 37.2 Å². The Balaban J connectivity index is 0.000000185. The van der Waals surface area contributed by atoms with Gasteiger partial charge in [0.15, 0.2) is 22.3 Å². The normalized spacial score (nSPS) is 22.2. The van der Waals surface area contributed by atoms with Crippen LogP contribution in [-0.4, -0.2) is 205 Å². The van der Waals surface area contributed by atoms with Crippen molar-refractivity contribution in [2.75, 3.05) is 99.6 Å². The summed E-state index contributed by atoms with van der Waals surface area (Å²) < 4.78 is 31.7. The molecular formula is C91H114Cl3F3N12O18. The smallest absolute Gasteiger partial charge is 0.490 e. The van der Waals surface area contributed by atoms with E-state index in [4.69, 9.17) is 21.4 Å². The van der Waals surface area contributed by atoms with Crippen LogP contribution in [0.25, 0.3) is 45.0 Å². The Morgan fingerprint density at radius 3 is 0.984 bits per heavy atom. The number of nitrogens with one attached hydrogen (secondary N) is 5. The lowest BCUT2D eigenvalue weighted by Gasteiger charge is -2.40. The summed E-state index contributed by atoms with van der Waals surface area (Å²) >= 11 is 0. The number of carboxylic acids is 5. The molecule has 30 nitrogen and oxygen atoms in total. The van der Waals surface area contributed by atoms with Crippen LogP contribution in [-0.2, 0) is 30.5 Å². The van der Waals surface area contributed by atoms with E-state index in [0.29, 0.717) is 130 Å². The molecule has 18 N–H and O–H groups in total. The molecule has 0 bridgehead atoms. The molecule has 688 valence electrons. The van der Waals surface area contributed by atoms with E-state index in [-0.39, 0.29) is 37.2 Å². The van der Waals surface area contributed by atoms with Gasteiger partial charge in [0, 0.05) is 127 Å². The second-order valence-electron chi connectivity index (χ2n) is 34.1. The van der Waals surface area contributed by atoms with Gasteiger partial charge in [0.05, 0.1) is 22.8 Å². The van der Waals surface area contributed by atoms with Gasteiger partial charge in [-0.05, 0) is 210 Å². The molecule has 0 radical (unpaired) electrons. The summed E-state index contributed by atoms with van der Waals surface area (Å²) in [5.74, 6) is -5.73. The Morgan fingerprint density at radius 2 is 0.717 bits per heavy atom. The van der Waals surface area contributed by atoms with Crippen LogP contribution in [0.3, 0.4) is 0 Å². The number of aromatic nitrogens is 4. The Bertz CT molecular complexity index is 5390. The third-order valence-electron chi connectivity index (χ3n) is 26.7. The third kappa shape index (κ3) is 21.0. The average Bonchev–Trinajstić information content (AvgIpc) is 1.23. The molecule has 4 saturated heterocycles. The molecule has 0 spiro atoms. The number of anilines is 4. The molecule has 4 aliphatic heterocycles. The number of aromatic carboxylic acids is 4. The molecule has 0 unspecified atom stereocenters. The van der Waals surface area contributed by atoms with Gasteiger partial charge in [-0.1, -0.05) is 89.1 Å². The number of benzene rings is 4. The third-order valence-corrected chi connectivity index (χ3v) is 26.7. The SMILES string of the molecule is CCc1c(-c2ccc(N3C[C@H]4CCCC[C@@]4(CN(C)C)C3)cc2)[nH]c(=O)c(C(=O)O)c1O.CCc1c(-c2ccc(N3C[C@H]4CC[C@@H](N)[C@H]4C3)cc2)[nH]c(=O)c(C(=O)O)c1O.CCc1c(-c2ccc(N3C[C@H]4CC[C@H](N)[C@H]4C3)cc2)[nH]c(=O)c(C(=O)O)c1O.CCc1c(-c2ccc(N3C[C@H]4CC[C@H](NC)[C@H]4C3)cc2)[nH]c(=O)c(C(=O)O)c1O.Cl.Cl.Cl.O=C(O)C(F)(F)F. The number of fused-ring (bicyclic) bond motifs is 4. The number of hydrogen-bond acceptors (Lipinski definition) is 21. The van der Waals surface area contributed by atoms with E-state index >= 15 is 0 Å². The number of carboxylic acid groups (broad SMARTS) is 5. The highest BCUT2D eigenvalue weighted by Gasteiger charge is 2.49. The number of aromatic hydroxyl groups is 4. The molecule has 11 atom stereocenters. The first-order chi connectivity index (χ1) is 58.9. The standard InChI is InChI=1S/C25H33N3O4.C22H27N3O4.2C21H25N3O4.C2HF3O2.3ClH/c1-4-19-21(26-23(30)20(22(19)29)24(31)32)16-8-10-18(11-9-16)28-13-17-7-5-6-12-25(17,15-28)14-27(2)3;1-3-15-19(24-21(27)18(20(15)26)22(28)29)12-4-7-14(8-5-12)25-10-13-6-9-17(23-2)16(13)11-25;2*1-2-14-18(23-20(26)17(19(14)25)21(27)28)11-3-6-13(7-4-11)24-9-12-5-8-16(22)15(12)10-24;3-2(4,5)1(6)7;;;/h8-11,17H,4-7,12-15H2,1-3H3,(H,31,32)(H2,26,29,30);4-5,7-8,13,16-17,23H,3,6,9-11H2,1-2H3,(H,28,29)(H2,24,26,27);2*3-4,6-7,12,15-16H,2,5,8-10,22H2,1H3,(H,27,28)(H2,23,25,26);(H,6,7);3*1H/t17-,25-;13-,16+,17+;12-,15+,16+;12-,15+,16-;;;;/m1111..../s1. The maximum Gasteiger partial charge on any atom is 0.490 e. The van der Waals surface area contributed by atoms with Gasteiger partial charge in [-0.3, -0.25) is 19.2 Å². The number of nitrogens with two attached hydrogens (primary N) is 2. The van der Waals surface area contributed by atoms with Gasteiger partial charge in [-0.2, -0.15) is 13.2 Å². The molecule has 8 aromatic rings. The van der Waals surface area contributed by atoms with Crippen molar-refractivity contribution in [1.82, 2.24) is 30.2 Å². The van der Waals surface area contributed by atoms with E-state index in [1.54, 1.807) is 0 Å². The number of hydrogen-bond donors (Lipinski definition) is 16. The van der Waals surface area contributed by atoms with Gasteiger partial charge in [-0.15, -0.1) is 37.2 Å². The van der Waals surface area contributed by atoms with Crippen molar-refractivity contribution in [3.05, 3.63) is 183 Å². The Morgan fingerprint density at radius 1 is 0.433 bits per heavy atom. The first-order valence-electron chi connectivity index (χ1n) is 42.3. The second kappa shape index (κ2) is 41.8. The zero-order valence-corrected chi connectivity index (χ0v) is 74.2. The number of aliphatic carboxylic acids is 1. The van der Waals surface area contributed by atoms with Crippen molar-refractivity contribution in [3.63, 3.8) is 0 Å². The number of aromatic amines is 4. The summed E-state index contributed by atoms with van der Waals surface area (Å²) in [4.78, 5) is 125. The fraction of sp³-hybridized carbons (Fsp3) is 0.462. The number of pyridine rings is 4. The first kappa shape index (κ1) is 99.7. The predicted molar refractivity (Wildman–Crippen MR) is 487 cm³/mol. The van der Waals surface area contributed by atoms with Crippen LogP contribution in [0, 0.1) is 46.8 Å². The molecule has 127 heavy (non-hydrogen) atoms. The average molecular weight is 1830 g/mol. The van der Waals surface area contributed by atoms with E-state index in [1.165, 1.54) is 51.4 Å². The van der Waals surface area contributed by atoms with Crippen molar-refractivity contribution in [1.29, 1.82) is 0 Å². The van der Waals surface area contributed by atoms with Crippen molar-refractivity contribution in [3.8, 4) is 68.0 Å². The molecule has 4 aromatic heterocycles. The number of nitrogens with zero attached hydrogens (tertiary/aromatic N) is 5. The van der Waals surface area contributed by atoms with Crippen molar-refractivity contribution in [2.24, 2.45) is 58.3 Å². The molecule has 4 saturated carbocycles. The highest BCUT2D eigenvalue weighted by Crippen LogP contribution is 2.50. The topological polar surface area (TPSA) is 479 Å². The van der Waals surface area contributed by atoms with Gasteiger partial charge < -0.3 is 107 Å². The van der Waals surface area contributed by atoms with E-state index < -0.39 is 104 Å². The summed E-state index contributed by atoms with van der Waals surface area (Å²) in [6.07, 6.45) is 8.84. The van der Waals surface area contributed by atoms with Crippen LogP contribution in [0.1, 0.15) is 156 Å². The van der Waals surface area contributed by atoms with Crippen LogP contribution in [0.4, 0.5) is 35.9 Å². The lowest BCUT2D eigenvalue weighted by Crippen LogP contribution is -2.42. The summed E-state index contributed by atoms with van der Waals surface area (Å²) in [6, 6.07) is 32.7. The summed E-state index contributed by atoms with van der Waals surface area (Å²) in [6.45, 7) is 16.6. The minimum absolute atomic E-state index is 0. The van der Waals surface area contributed by atoms with E-state index in [2.05, 4.69) is 76.0 Å². The minimum Gasteiger partial charge on any atom is -0.506 e. The van der Waals surface area contributed by atoms with Gasteiger partial charge in [0.2, 0.25) is 0 Å². The lowest BCUT2D eigenvalue weighted by molar-refractivity contribution is -0.192. The Hall–Kier alpha value is -11.1. The highest BCUT2D eigenvalue weighted by molar-refractivity contribution is 5.94. The first-order valence-corrected chi connectivity index (χ1v) is 42.3. The summed E-state index contributed by atoms with van der Waals surface area (Å²) in [7, 11) is 6.37. The van der Waals surface area contributed by atoms with Gasteiger partial charge in [0.25, 0.3) is 22.2 Å². The van der Waals surface area contributed by atoms with Gasteiger partial charge in [-0.25, -0.2) is 24.0 Å². The fourth-order valence-corrected chi connectivity index (χ4v) is 20.6. The zero-order chi connectivity index (χ0) is 89.8. The van der Waals surface area contributed by atoms with Crippen LogP contribution in [0.5, 0.6) is 23.0 Å². The maximum atomic E-state index is 12.3. The molecule has 16 rings (SSSR count). The van der Waals surface area contributed by atoms with Gasteiger partial charge >= 0.3 is 36.0 Å². The predicted octanol–water partition coefficient (Wildman–Crippen LogP) is 12.3. The molecular weight excluding hydrogens is 1710 g/mol. The zero-order valence-electron chi connectivity index (χ0n) is 71.7. The minimum atomic E-state index is -5.08. The quantitative estimate of drug-likeness (QED) is 0.0357. The number of H-pyrrole nitrogens is 4.